The van der Waals surface area contributed by atoms with Gasteiger partial charge < -0.3 is 11.1 Å². The molecule has 2 rings (SSSR count). The molecule has 7 heteroatoms. The van der Waals surface area contributed by atoms with Gasteiger partial charge in [0.15, 0.2) is 0 Å². The van der Waals surface area contributed by atoms with Crippen molar-refractivity contribution in [1.82, 2.24) is 0 Å². The Morgan fingerprint density at radius 3 is 2.52 bits per heavy atom. The lowest BCUT2D eigenvalue weighted by molar-refractivity contribution is 0.411. The summed E-state index contributed by atoms with van der Waals surface area (Å²) in [4.78, 5) is 0.0843. The van der Waals surface area contributed by atoms with Crippen molar-refractivity contribution in [2.24, 2.45) is 5.14 Å². The lowest BCUT2D eigenvalue weighted by Gasteiger charge is -2.36. The van der Waals surface area contributed by atoms with E-state index in [-0.39, 0.29) is 9.64 Å². The number of nitrogens with one attached hydrogen (secondary N) is 1. The normalized spacial score (nSPS) is 18.4. The SMILES string of the molecule is CSC1(CNc2cc(S(N)(=O)=O)ccc2N)CCCCC1. The Morgan fingerprint density at radius 2 is 1.95 bits per heavy atom. The number of thioether (sulfide) groups is 1. The monoisotopic (exact) mass is 329 g/mol. The molecule has 5 nitrogen and oxygen atoms in total. The van der Waals surface area contributed by atoms with Crippen LogP contribution in [0.4, 0.5) is 11.4 Å². The molecule has 21 heavy (non-hydrogen) atoms. The molecule has 0 saturated heterocycles. The molecule has 1 aliphatic carbocycles. The number of primary sulfonamides is 1. The van der Waals surface area contributed by atoms with E-state index in [4.69, 9.17) is 10.9 Å². The van der Waals surface area contributed by atoms with E-state index >= 15 is 0 Å². The first kappa shape index (κ1) is 16.5. The number of nitrogen functional groups attached to an aromatic ring is 1. The van der Waals surface area contributed by atoms with Crippen molar-refractivity contribution in [1.29, 1.82) is 0 Å². The zero-order valence-electron chi connectivity index (χ0n) is 12.3. The summed E-state index contributed by atoms with van der Waals surface area (Å²) < 4.78 is 23.1. The van der Waals surface area contributed by atoms with Gasteiger partial charge in [-0.15, -0.1) is 0 Å². The maximum Gasteiger partial charge on any atom is 0.238 e. The van der Waals surface area contributed by atoms with Crippen LogP contribution in [0.25, 0.3) is 0 Å². The molecule has 118 valence electrons. The van der Waals surface area contributed by atoms with Crippen LogP contribution in [0.15, 0.2) is 23.1 Å². The third-order valence-electron chi connectivity index (χ3n) is 4.15. The first-order chi connectivity index (χ1) is 9.86. The smallest absolute Gasteiger partial charge is 0.238 e. The topological polar surface area (TPSA) is 98.2 Å². The van der Waals surface area contributed by atoms with E-state index in [1.807, 2.05) is 11.8 Å². The zero-order valence-corrected chi connectivity index (χ0v) is 13.9. The van der Waals surface area contributed by atoms with Crippen LogP contribution in [0.2, 0.25) is 0 Å². The summed E-state index contributed by atoms with van der Waals surface area (Å²) in [5.74, 6) is 0. The maximum atomic E-state index is 11.4. The molecule has 0 amide bonds. The van der Waals surface area contributed by atoms with Gasteiger partial charge in [0.2, 0.25) is 10.0 Å². The lowest BCUT2D eigenvalue weighted by atomic mass is 9.88. The molecular formula is C14H23N3O2S2. The Kier molecular flexibility index (Phi) is 5.06. The van der Waals surface area contributed by atoms with Crippen LogP contribution in [0.3, 0.4) is 0 Å². The van der Waals surface area contributed by atoms with Gasteiger partial charge in [0, 0.05) is 11.3 Å². The maximum absolute atomic E-state index is 11.4. The number of anilines is 2. The van der Waals surface area contributed by atoms with Crippen LogP contribution >= 0.6 is 11.8 Å². The second-order valence-electron chi connectivity index (χ2n) is 5.60. The third-order valence-corrected chi connectivity index (χ3v) is 6.48. The number of sulfonamides is 1. The molecule has 0 radical (unpaired) electrons. The molecule has 0 heterocycles. The molecule has 1 aromatic rings. The fourth-order valence-electron chi connectivity index (χ4n) is 2.77. The van der Waals surface area contributed by atoms with E-state index in [0.717, 1.165) is 6.54 Å². The fraction of sp³-hybridized carbons (Fsp3) is 0.571. The molecular weight excluding hydrogens is 306 g/mol. The van der Waals surface area contributed by atoms with Gasteiger partial charge >= 0.3 is 0 Å². The highest BCUT2D eigenvalue weighted by Gasteiger charge is 2.31. The molecule has 1 fully saturated rings. The van der Waals surface area contributed by atoms with Crippen LogP contribution in [0, 0.1) is 0 Å². The Balaban J connectivity index is 2.15. The van der Waals surface area contributed by atoms with Crippen LogP contribution in [-0.2, 0) is 10.0 Å². The van der Waals surface area contributed by atoms with E-state index in [1.165, 1.54) is 44.2 Å². The number of rotatable bonds is 5. The van der Waals surface area contributed by atoms with Crippen LogP contribution in [-0.4, -0.2) is 26.0 Å². The first-order valence-electron chi connectivity index (χ1n) is 7.08. The Hall–Kier alpha value is -0.920. The van der Waals surface area contributed by atoms with E-state index in [1.54, 1.807) is 6.07 Å². The molecule has 5 N–H and O–H groups in total. The highest BCUT2D eigenvalue weighted by atomic mass is 32.2. The van der Waals surface area contributed by atoms with Crippen molar-refractivity contribution >= 4 is 33.2 Å². The van der Waals surface area contributed by atoms with Gasteiger partial charge in [0.25, 0.3) is 0 Å². The van der Waals surface area contributed by atoms with Crippen molar-refractivity contribution < 1.29 is 8.42 Å². The Bertz CT molecular complexity index is 596. The summed E-state index contributed by atoms with van der Waals surface area (Å²) >= 11 is 1.88. The minimum Gasteiger partial charge on any atom is -0.397 e. The quantitative estimate of drug-likeness (QED) is 0.721. The van der Waals surface area contributed by atoms with Crippen molar-refractivity contribution in [2.45, 2.75) is 41.7 Å². The van der Waals surface area contributed by atoms with Gasteiger partial charge in [-0.1, -0.05) is 19.3 Å². The molecule has 0 atom stereocenters. The van der Waals surface area contributed by atoms with Crippen molar-refractivity contribution in [2.75, 3.05) is 23.9 Å². The standard InChI is InChI=1S/C14H23N3O2S2/c1-20-14(7-3-2-4-8-14)10-17-13-9-11(21(16,18)19)5-6-12(13)15/h5-6,9,17H,2-4,7-8,10,15H2,1H3,(H2,16,18,19). The minimum atomic E-state index is -3.71. The zero-order chi connectivity index (χ0) is 15.5. The molecule has 0 aliphatic heterocycles. The predicted molar refractivity (Wildman–Crippen MR) is 90.0 cm³/mol. The average molecular weight is 329 g/mol. The fourth-order valence-corrected chi connectivity index (χ4v) is 4.22. The molecule has 0 bridgehead atoms. The minimum absolute atomic E-state index is 0.0843. The summed E-state index contributed by atoms with van der Waals surface area (Å²) in [6, 6.07) is 4.52. The van der Waals surface area contributed by atoms with Gasteiger partial charge in [-0.25, -0.2) is 13.6 Å². The molecule has 1 saturated carbocycles. The summed E-state index contributed by atoms with van der Waals surface area (Å²) in [6.07, 6.45) is 8.28. The van der Waals surface area contributed by atoms with Crippen molar-refractivity contribution in [3.63, 3.8) is 0 Å². The molecule has 1 aromatic carbocycles. The van der Waals surface area contributed by atoms with Gasteiger partial charge in [-0.3, -0.25) is 0 Å². The van der Waals surface area contributed by atoms with E-state index in [0.29, 0.717) is 11.4 Å². The summed E-state index contributed by atoms with van der Waals surface area (Å²) in [5.41, 5.74) is 7.10. The first-order valence-corrected chi connectivity index (χ1v) is 9.85. The average Bonchev–Trinajstić information content (AvgIpc) is 2.46. The van der Waals surface area contributed by atoms with E-state index in [9.17, 15) is 8.42 Å². The van der Waals surface area contributed by atoms with E-state index in [2.05, 4.69) is 11.6 Å². The lowest BCUT2D eigenvalue weighted by Crippen LogP contribution is -2.35. The van der Waals surface area contributed by atoms with Crippen LogP contribution in [0.1, 0.15) is 32.1 Å². The second-order valence-corrected chi connectivity index (χ2v) is 8.43. The molecule has 0 unspecified atom stereocenters. The van der Waals surface area contributed by atoms with Crippen molar-refractivity contribution in [3.05, 3.63) is 18.2 Å². The molecule has 0 spiro atoms. The summed E-state index contributed by atoms with van der Waals surface area (Å²) in [5, 5.41) is 8.49. The highest BCUT2D eigenvalue weighted by molar-refractivity contribution is 8.00. The van der Waals surface area contributed by atoms with Gasteiger partial charge in [-0.2, -0.15) is 11.8 Å². The van der Waals surface area contributed by atoms with Gasteiger partial charge in [-0.05, 0) is 37.3 Å². The third kappa shape index (κ3) is 4.05. The summed E-state index contributed by atoms with van der Waals surface area (Å²) in [6.45, 7) is 0.784. The predicted octanol–water partition coefficient (Wildman–Crippen LogP) is 2.39. The summed E-state index contributed by atoms with van der Waals surface area (Å²) in [7, 11) is -3.71. The van der Waals surface area contributed by atoms with E-state index < -0.39 is 10.0 Å². The second kappa shape index (κ2) is 6.46. The van der Waals surface area contributed by atoms with Crippen LogP contribution < -0.4 is 16.2 Å². The highest BCUT2D eigenvalue weighted by Crippen LogP contribution is 2.39. The van der Waals surface area contributed by atoms with Gasteiger partial charge in [0.1, 0.15) is 0 Å². The number of hydrogen-bond donors (Lipinski definition) is 3. The van der Waals surface area contributed by atoms with Gasteiger partial charge in [0.05, 0.1) is 16.3 Å². The molecule has 0 aromatic heterocycles. The Labute approximate surface area is 130 Å². The van der Waals surface area contributed by atoms with Crippen molar-refractivity contribution in [3.8, 4) is 0 Å². The Morgan fingerprint density at radius 1 is 1.29 bits per heavy atom. The number of benzene rings is 1. The number of nitrogens with two attached hydrogens (primary N) is 2. The number of hydrogen-bond acceptors (Lipinski definition) is 5. The van der Waals surface area contributed by atoms with Crippen LogP contribution in [0.5, 0.6) is 0 Å². The molecule has 1 aliphatic rings. The largest absolute Gasteiger partial charge is 0.397 e.